The van der Waals surface area contributed by atoms with Crippen molar-refractivity contribution in [2.75, 3.05) is 31.6 Å². The van der Waals surface area contributed by atoms with Crippen molar-refractivity contribution in [3.63, 3.8) is 0 Å². The molecule has 0 saturated carbocycles. The van der Waals surface area contributed by atoms with Crippen LogP contribution in [0.15, 0.2) is 24.3 Å². The Kier molecular flexibility index (Phi) is 9.66. The van der Waals surface area contributed by atoms with Gasteiger partial charge in [-0.3, -0.25) is 14.9 Å². The molecule has 0 aliphatic rings. The molecule has 2 amide bonds. The second-order valence-electron chi connectivity index (χ2n) is 8.49. The zero-order chi connectivity index (χ0) is 24.5. The van der Waals surface area contributed by atoms with Crippen LogP contribution >= 0.6 is 0 Å². The summed E-state index contributed by atoms with van der Waals surface area (Å²) in [6.45, 7) is 11.2. The van der Waals surface area contributed by atoms with Gasteiger partial charge in [-0.2, -0.15) is 0 Å². The third kappa shape index (κ3) is 8.19. The number of amides is 2. The van der Waals surface area contributed by atoms with Crippen molar-refractivity contribution in [1.29, 1.82) is 0 Å². The first kappa shape index (κ1) is 26.9. The summed E-state index contributed by atoms with van der Waals surface area (Å²) in [5.41, 5.74) is 4.99. The zero-order valence-electron chi connectivity index (χ0n) is 19.1. The normalized spacial score (nSPS) is 11.9. The molecular formula is C20H32N4O7Si. The first-order valence-corrected chi connectivity index (χ1v) is 12.9. The number of carbonyl (C=O) groups excluding carboxylic acids is 1. The van der Waals surface area contributed by atoms with Crippen LogP contribution in [0.25, 0.3) is 0 Å². The first-order valence-electron chi connectivity index (χ1n) is 10.0. The monoisotopic (exact) mass is 468 g/mol. The zero-order valence-corrected chi connectivity index (χ0v) is 20.1. The number of ether oxygens (including phenoxy) is 1. The molecule has 0 bridgehead atoms. The van der Waals surface area contributed by atoms with Crippen molar-refractivity contribution in [2.45, 2.75) is 38.9 Å². The fraction of sp³-hybridized carbons (Fsp3) is 0.500. The van der Waals surface area contributed by atoms with Gasteiger partial charge in [0, 0.05) is 24.7 Å². The van der Waals surface area contributed by atoms with Gasteiger partial charge in [0.25, 0.3) is 5.69 Å². The van der Waals surface area contributed by atoms with Crippen molar-refractivity contribution < 1.29 is 28.8 Å². The molecule has 1 aromatic rings. The Labute approximate surface area is 188 Å². The van der Waals surface area contributed by atoms with Gasteiger partial charge in [0.15, 0.2) is 14.0 Å². The number of carbonyl (C=O) groups is 2. The summed E-state index contributed by atoms with van der Waals surface area (Å²) >= 11 is 0. The van der Waals surface area contributed by atoms with E-state index >= 15 is 0 Å². The van der Waals surface area contributed by atoms with E-state index in [9.17, 15) is 19.7 Å². The van der Waals surface area contributed by atoms with Crippen LogP contribution < -0.4 is 21.1 Å². The Balaban J connectivity index is 3.01. The van der Waals surface area contributed by atoms with Crippen LogP contribution in [-0.4, -0.2) is 56.7 Å². The second-order valence-corrected chi connectivity index (χ2v) is 13.3. The predicted molar refractivity (Wildman–Crippen MR) is 124 cm³/mol. The summed E-state index contributed by atoms with van der Waals surface area (Å²) < 4.78 is 11.8. The van der Waals surface area contributed by atoms with Crippen molar-refractivity contribution in [3.05, 3.63) is 40.0 Å². The van der Waals surface area contributed by atoms with Crippen molar-refractivity contribution in [1.82, 2.24) is 5.32 Å². The maximum Gasteiger partial charge on any atom is 0.404 e. The number of rotatable bonds is 12. The van der Waals surface area contributed by atoms with Gasteiger partial charge >= 0.3 is 6.09 Å². The standard InChI is InChI=1S/C20H32N4O7Si/c1-20(2,3)32(4,5)31-11-10-30-16-13-14(18(21)25)12-15(24(28)29)17(16)22-8-6-7-9-23-19(26)27/h6-7,12-13,22-23H,8-11H2,1-5H3,(H2,21,25)(H,26,27)/b7-6+. The highest BCUT2D eigenvalue weighted by molar-refractivity contribution is 6.74. The molecule has 0 heterocycles. The molecule has 0 fully saturated rings. The minimum Gasteiger partial charge on any atom is -0.489 e. The van der Waals surface area contributed by atoms with Gasteiger partial charge in [0.05, 0.1) is 11.5 Å². The fourth-order valence-electron chi connectivity index (χ4n) is 2.32. The predicted octanol–water partition coefficient (Wildman–Crippen LogP) is 3.33. The number of nitro groups is 1. The third-order valence-electron chi connectivity index (χ3n) is 5.11. The molecule has 5 N–H and O–H groups in total. The van der Waals surface area contributed by atoms with E-state index in [0.29, 0.717) is 0 Å². The average Bonchev–Trinajstić information content (AvgIpc) is 2.66. The summed E-state index contributed by atoms with van der Waals surface area (Å²) in [5.74, 6) is -0.717. The molecule has 0 saturated heterocycles. The Hall–Kier alpha value is -3.12. The Morgan fingerprint density at radius 2 is 1.84 bits per heavy atom. The maximum absolute atomic E-state index is 11.6. The number of benzene rings is 1. The molecule has 178 valence electrons. The molecule has 0 atom stereocenters. The first-order chi connectivity index (χ1) is 14.8. The average molecular weight is 469 g/mol. The number of carboxylic acid groups (broad SMARTS) is 1. The summed E-state index contributed by atoms with van der Waals surface area (Å²) in [6, 6.07) is 2.43. The Bertz CT molecular complexity index is 866. The highest BCUT2D eigenvalue weighted by Crippen LogP contribution is 2.37. The molecule has 1 aromatic carbocycles. The van der Waals surface area contributed by atoms with E-state index in [0.717, 1.165) is 6.07 Å². The number of nitrogens with zero attached hydrogens (tertiary/aromatic N) is 1. The van der Waals surface area contributed by atoms with Gasteiger partial charge in [0.1, 0.15) is 12.4 Å². The van der Waals surface area contributed by atoms with Crippen molar-refractivity contribution >= 4 is 31.7 Å². The Morgan fingerprint density at radius 1 is 1.22 bits per heavy atom. The minimum absolute atomic E-state index is 0.0201. The van der Waals surface area contributed by atoms with Crippen LogP contribution in [-0.2, 0) is 4.43 Å². The van der Waals surface area contributed by atoms with E-state index in [1.807, 2.05) is 0 Å². The second kappa shape index (κ2) is 11.5. The SMILES string of the molecule is CC(C)(C)[Si](C)(C)OCCOc1cc(C(N)=O)cc([N+](=O)[O-])c1NC/C=C/CNC(=O)O. The van der Waals surface area contributed by atoms with Crippen LogP contribution in [0.3, 0.4) is 0 Å². The molecule has 11 nitrogen and oxygen atoms in total. The summed E-state index contributed by atoms with van der Waals surface area (Å²) in [6.07, 6.45) is 2.00. The van der Waals surface area contributed by atoms with Gasteiger partial charge in [-0.15, -0.1) is 0 Å². The number of nitro benzene ring substituents is 1. The fourth-order valence-corrected chi connectivity index (χ4v) is 3.34. The lowest BCUT2D eigenvalue weighted by molar-refractivity contribution is -0.384. The van der Waals surface area contributed by atoms with Crippen LogP contribution in [0.2, 0.25) is 18.1 Å². The number of anilines is 1. The molecule has 0 radical (unpaired) electrons. The van der Waals surface area contributed by atoms with Gasteiger partial charge in [0.2, 0.25) is 5.91 Å². The molecule has 1 rings (SSSR count). The number of hydrogen-bond donors (Lipinski definition) is 4. The largest absolute Gasteiger partial charge is 0.489 e. The van der Waals surface area contributed by atoms with Crippen LogP contribution in [0.1, 0.15) is 31.1 Å². The number of hydrogen-bond acceptors (Lipinski definition) is 7. The summed E-state index contributed by atoms with van der Waals surface area (Å²) in [7, 11) is -1.99. The van der Waals surface area contributed by atoms with Gasteiger partial charge in [-0.1, -0.05) is 32.9 Å². The highest BCUT2D eigenvalue weighted by Gasteiger charge is 2.37. The van der Waals surface area contributed by atoms with Gasteiger partial charge in [-0.05, 0) is 24.2 Å². The minimum atomic E-state index is -1.99. The lowest BCUT2D eigenvalue weighted by Gasteiger charge is -2.36. The molecular weight excluding hydrogens is 436 g/mol. The molecule has 0 aliphatic carbocycles. The Morgan fingerprint density at radius 3 is 2.38 bits per heavy atom. The van der Waals surface area contributed by atoms with Crippen molar-refractivity contribution in [3.8, 4) is 5.75 Å². The molecule has 12 heteroatoms. The molecule has 0 aliphatic heterocycles. The van der Waals surface area contributed by atoms with E-state index in [-0.39, 0.29) is 54.0 Å². The van der Waals surface area contributed by atoms with Crippen LogP contribution in [0.4, 0.5) is 16.2 Å². The highest BCUT2D eigenvalue weighted by atomic mass is 28.4. The summed E-state index contributed by atoms with van der Waals surface area (Å²) in [4.78, 5) is 33.0. The van der Waals surface area contributed by atoms with E-state index in [1.54, 1.807) is 12.2 Å². The van der Waals surface area contributed by atoms with Gasteiger partial charge in [-0.25, -0.2) is 4.79 Å². The molecule has 0 spiro atoms. The van der Waals surface area contributed by atoms with E-state index < -0.39 is 25.2 Å². The van der Waals surface area contributed by atoms with E-state index in [2.05, 4.69) is 44.5 Å². The molecule has 32 heavy (non-hydrogen) atoms. The smallest absolute Gasteiger partial charge is 0.404 e. The van der Waals surface area contributed by atoms with Crippen LogP contribution in [0.5, 0.6) is 5.75 Å². The van der Waals surface area contributed by atoms with E-state index in [4.69, 9.17) is 20.0 Å². The summed E-state index contributed by atoms with van der Waals surface area (Å²) in [5, 5.41) is 25.2. The lowest BCUT2D eigenvalue weighted by atomic mass is 10.1. The third-order valence-corrected chi connectivity index (χ3v) is 9.65. The molecule has 0 unspecified atom stereocenters. The van der Waals surface area contributed by atoms with E-state index in [1.165, 1.54) is 6.07 Å². The van der Waals surface area contributed by atoms with Crippen molar-refractivity contribution in [2.24, 2.45) is 5.73 Å². The number of primary amides is 1. The van der Waals surface area contributed by atoms with Gasteiger partial charge < -0.3 is 30.6 Å². The lowest BCUT2D eigenvalue weighted by Crippen LogP contribution is -2.41. The topological polar surface area (TPSA) is 166 Å². The quantitative estimate of drug-likeness (QED) is 0.119. The number of nitrogens with one attached hydrogen (secondary N) is 2. The molecule has 0 aromatic heterocycles. The maximum atomic E-state index is 11.6. The van der Waals surface area contributed by atoms with Crippen LogP contribution in [0, 0.1) is 10.1 Å². The number of nitrogens with two attached hydrogens (primary N) is 1.